The average Bonchev–Trinajstić information content (AvgIpc) is 2.44. The molecular weight excluding hydrogens is 276 g/mol. The van der Waals surface area contributed by atoms with Crippen LogP contribution in [0.1, 0.15) is 51.7 Å². The van der Waals surface area contributed by atoms with Crippen molar-refractivity contribution in [3.8, 4) is 0 Å². The highest BCUT2D eigenvalue weighted by Crippen LogP contribution is 2.22. The van der Waals surface area contributed by atoms with Gasteiger partial charge in [0.25, 0.3) is 0 Å². The molecule has 0 saturated heterocycles. The van der Waals surface area contributed by atoms with Crippen molar-refractivity contribution in [1.29, 1.82) is 0 Å². The normalized spacial score (nSPS) is 12.8. The number of carbonyl (C=O) groups excluding carboxylic acids is 1. The van der Waals surface area contributed by atoms with Gasteiger partial charge in [-0.2, -0.15) is 0 Å². The van der Waals surface area contributed by atoms with E-state index in [-0.39, 0.29) is 24.1 Å². The fourth-order valence-corrected chi connectivity index (χ4v) is 2.24. The first-order valence-corrected chi connectivity index (χ1v) is 8.07. The summed E-state index contributed by atoms with van der Waals surface area (Å²) in [6, 6.07) is 8.52. The smallest absolute Gasteiger partial charge is 0.315 e. The molecule has 1 aromatic rings. The topological polar surface area (TPSA) is 61.4 Å². The van der Waals surface area contributed by atoms with Gasteiger partial charge in [-0.25, -0.2) is 4.79 Å². The number of hydrogen-bond donors (Lipinski definition) is 3. The Morgan fingerprint density at radius 3 is 2.41 bits per heavy atom. The minimum absolute atomic E-state index is 0.0817. The van der Waals surface area contributed by atoms with Crippen LogP contribution in [0.5, 0.6) is 0 Å². The van der Waals surface area contributed by atoms with E-state index in [9.17, 15) is 4.79 Å². The summed E-state index contributed by atoms with van der Waals surface area (Å²) in [5, 5.41) is 14.5. The SMILES string of the molecule is CC(CCCO)NC(=O)NCCc1ccc(C(C)(C)C)cc1. The molecule has 2 amide bonds. The van der Waals surface area contributed by atoms with E-state index >= 15 is 0 Å². The zero-order chi connectivity index (χ0) is 16.6. The Morgan fingerprint density at radius 1 is 1.23 bits per heavy atom. The van der Waals surface area contributed by atoms with Gasteiger partial charge in [-0.15, -0.1) is 0 Å². The molecule has 0 spiro atoms. The molecule has 0 aliphatic rings. The molecule has 0 saturated carbocycles. The molecule has 0 aliphatic carbocycles. The molecule has 0 heterocycles. The van der Waals surface area contributed by atoms with Crippen LogP contribution in [0.2, 0.25) is 0 Å². The van der Waals surface area contributed by atoms with Crippen molar-refractivity contribution >= 4 is 6.03 Å². The minimum Gasteiger partial charge on any atom is -0.396 e. The molecule has 1 aromatic carbocycles. The van der Waals surface area contributed by atoms with E-state index in [0.29, 0.717) is 13.0 Å². The maximum atomic E-state index is 11.7. The van der Waals surface area contributed by atoms with Crippen molar-refractivity contribution in [3.63, 3.8) is 0 Å². The van der Waals surface area contributed by atoms with Crippen molar-refractivity contribution in [1.82, 2.24) is 10.6 Å². The van der Waals surface area contributed by atoms with Crippen LogP contribution in [-0.4, -0.2) is 30.3 Å². The molecule has 0 aliphatic heterocycles. The molecule has 0 fully saturated rings. The zero-order valence-electron chi connectivity index (χ0n) is 14.3. The molecule has 0 bridgehead atoms. The summed E-state index contributed by atoms with van der Waals surface area (Å²) in [5.74, 6) is 0. The summed E-state index contributed by atoms with van der Waals surface area (Å²) in [6.07, 6.45) is 2.32. The first kappa shape index (κ1) is 18.5. The highest BCUT2D eigenvalue weighted by molar-refractivity contribution is 5.74. The highest BCUT2D eigenvalue weighted by atomic mass is 16.3. The number of hydrogen-bond acceptors (Lipinski definition) is 2. The third-order valence-electron chi connectivity index (χ3n) is 3.69. The highest BCUT2D eigenvalue weighted by Gasteiger charge is 2.12. The fourth-order valence-electron chi connectivity index (χ4n) is 2.24. The van der Waals surface area contributed by atoms with Crippen LogP contribution >= 0.6 is 0 Å². The molecule has 4 heteroatoms. The van der Waals surface area contributed by atoms with Crippen molar-refractivity contribution in [2.24, 2.45) is 0 Å². The van der Waals surface area contributed by atoms with Gasteiger partial charge in [-0.3, -0.25) is 0 Å². The van der Waals surface area contributed by atoms with Crippen LogP contribution in [0.15, 0.2) is 24.3 Å². The van der Waals surface area contributed by atoms with Crippen LogP contribution in [0.3, 0.4) is 0 Å². The molecule has 1 unspecified atom stereocenters. The molecule has 4 nitrogen and oxygen atoms in total. The van der Waals surface area contributed by atoms with Crippen molar-refractivity contribution in [2.45, 2.75) is 58.4 Å². The van der Waals surface area contributed by atoms with Crippen molar-refractivity contribution in [3.05, 3.63) is 35.4 Å². The van der Waals surface area contributed by atoms with Gasteiger partial charge in [0, 0.05) is 19.2 Å². The number of aliphatic hydroxyl groups is 1. The van der Waals surface area contributed by atoms with Crippen molar-refractivity contribution in [2.75, 3.05) is 13.2 Å². The van der Waals surface area contributed by atoms with Crippen LogP contribution in [0.4, 0.5) is 4.79 Å². The lowest BCUT2D eigenvalue weighted by Crippen LogP contribution is -2.41. The lowest BCUT2D eigenvalue weighted by molar-refractivity contribution is 0.234. The summed E-state index contributed by atoms with van der Waals surface area (Å²) >= 11 is 0. The number of benzene rings is 1. The van der Waals surface area contributed by atoms with Gasteiger partial charge in [0.2, 0.25) is 0 Å². The van der Waals surface area contributed by atoms with Crippen LogP contribution in [-0.2, 0) is 11.8 Å². The molecule has 1 atom stereocenters. The van der Waals surface area contributed by atoms with E-state index in [1.807, 2.05) is 6.92 Å². The van der Waals surface area contributed by atoms with Crippen LogP contribution < -0.4 is 10.6 Å². The van der Waals surface area contributed by atoms with E-state index in [1.165, 1.54) is 11.1 Å². The minimum atomic E-state index is -0.142. The Kier molecular flexibility index (Phi) is 7.39. The fraction of sp³-hybridized carbons (Fsp3) is 0.611. The number of rotatable bonds is 7. The Hall–Kier alpha value is -1.55. The summed E-state index contributed by atoms with van der Waals surface area (Å²) in [4.78, 5) is 11.7. The average molecular weight is 306 g/mol. The van der Waals surface area contributed by atoms with Crippen LogP contribution in [0.25, 0.3) is 0 Å². The molecule has 0 aromatic heterocycles. The standard InChI is InChI=1S/C18H30N2O2/c1-14(6-5-13-21)20-17(22)19-12-11-15-7-9-16(10-8-15)18(2,3)4/h7-10,14,21H,5-6,11-13H2,1-4H3,(H2,19,20,22). The third kappa shape index (κ3) is 6.94. The summed E-state index contributed by atoms with van der Waals surface area (Å²) in [5.41, 5.74) is 2.71. The lowest BCUT2D eigenvalue weighted by Gasteiger charge is -2.19. The Bertz CT molecular complexity index is 449. The second kappa shape index (κ2) is 8.79. The molecule has 3 N–H and O–H groups in total. The van der Waals surface area contributed by atoms with E-state index in [1.54, 1.807) is 0 Å². The predicted molar refractivity (Wildman–Crippen MR) is 91.2 cm³/mol. The van der Waals surface area contributed by atoms with E-state index in [2.05, 4.69) is 55.7 Å². The summed E-state index contributed by atoms with van der Waals surface area (Å²) < 4.78 is 0. The van der Waals surface area contributed by atoms with E-state index < -0.39 is 0 Å². The molecule has 1 rings (SSSR count). The third-order valence-corrected chi connectivity index (χ3v) is 3.69. The molecular formula is C18H30N2O2. The Labute approximate surface area is 134 Å². The second-order valence-corrected chi connectivity index (χ2v) is 6.86. The number of amides is 2. The van der Waals surface area contributed by atoms with E-state index in [4.69, 9.17) is 5.11 Å². The molecule has 0 radical (unpaired) electrons. The van der Waals surface area contributed by atoms with Gasteiger partial charge in [0.05, 0.1) is 0 Å². The number of urea groups is 1. The monoisotopic (exact) mass is 306 g/mol. The van der Waals surface area contributed by atoms with Gasteiger partial charge in [-0.1, -0.05) is 45.0 Å². The zero-order valence-corrected chi connectivity index (χ0v) is 14.3. The maximum absolute atomic E-state index is 11.7. The van der Waals surface area contributed by atoms with Crippen molar-refractivity contribution < 1.29 is 9.90 Å². The molecule has 22 heavy (non-hydrogen) atoms. The van der Waals surface area contributed by atoms with Gasteiger partial charge in [-0.05, 0) is 42.7 Å². The maximum Gasteiger partial charge on any atom is 0.315 e. The van der Waals surface area contributed by atoms with Gasteiger partial charge in [0.15, 0.2) is 0 Å². The van der Waals surface area contributed by atoms with Gasteiger partial charge in [0.1, 0.15) is 0 Å². The first-order chi connectivity index (χ1) is 10.3. The first-order valence-electron chi connectivity index (χ1n) is 8.07. The predicted octanol–water partition coefficient (Wildman–Crippen LogP) is 2.99. The Balaban J connectivity index is 2.30. The second-order valence-electron chi connectivity index (χ2n) is 6.86. The van der Waals surface area contributed by atoms with Gasteiger partial charge < -0.3 is 15.7 Å². The Morgan fingerprint density at radius 2 is 1.86 bits per heavy atom. The summed E-state index contributed by atoms with van der Waals surface area (Å²) in [6.45, 7) is 9.33. The number of carbonyl (C=O) groups is 1. The van der Waals surface area contributed by atoms with E-state index in [0.717, 1.165) is 12.8 Å². The number of aliphatic hydroxyl groups excluding tert-OH is 1. The lowest BCUT2D eigenvalue weighted by atomic mass is 9.86. The largest absolute Gasteiger partial charge is 0.396 e. The number of nitrogens with one attached hydrogen (secondary N) is 2. The van der Waals surface area contributed by atoms with Gasteiger partial charge >= 0.3 is 6.03 Å². The van der Waals surface area contributed by atoms with Crippen LogP contribution in [0, 0.1) is 0 Å². The quantitative estimate of drug-likeness (QED) is 0.725. The molecule has 124 valence electrons. The summed E-state index contributed by atoms with van der Waals surface area (Å²) in [7, 11) is 0.